The Bertz CT molecular complexity index is 558. The van der Waals surface area contributed by atoms with Crippen molar-refractivity contribution in [2.75, 3.05) is 13.2 Å². The van der Waals surface area contributed by atoms with E-state index in [1.807, 2.05) is 12.2 Å². The Balaban J connectivity index is 2.40. The first-order valence-electron chi connectivity index (χ1n) is 11.2. The van der Waals surface area contributed by atoms with Crippen LogP contribution in [-0.2, 0) is 9.59 Å². The van der Waals surface area contributed by atoms with Gasteiger partial charge in [0.1, 0.15) is 5.78 Å². The molecule has 1 saturated carbocycles. The smallest absolute Gasteiger partial charge is 0.220 e. The fourth-order valence-corrected chi connectivity index (χ4v) is 3.67. The lowest BCUT2D eigenvalue weighted by molar-refractivity contribution is -0.122. The van der Waals surface area contributed by atoms with Gasteiger partial charge >= 0.3 is 0 Å². The number of ketones is 1. The Labute approximate surface area is 179 Å². The van der Waals surface area contributed by atoms with E-state index in [1.54, 1.807) is 12.2 Å². The lowest BCUT2D eigenvalue weighted by Crippen LogP contribution is -2.39. The van der Waals surface area contributed by atoms with Crippen LogP contribution in [0.2, 0.25) is 0 Å². The van der Waals surface area contributed by atoms with Gasteiger partial charge in [-0.15, -0.1) is 0 Å². The van der Waals surface area contributed by atoms with Crippen molar-refractivity contribution in [1.29, 1.82) is 0 Å². The Hall–Kier alpha value is -1.54. The molecule has 4 atom stereocenters. The zero-order chi connectivity index (χ0) is 22.4. The van der Waals surface area contributed by atoms with E-state index in [1.165, 1.54) is 0 Å². The number of aliphatic hydroxyl groups is 4. The van der Waals surface area contributed by atoms with Crippen LogP contribution < -0.4 is 5.32 Å². The van der Waals surface area contributed by atoms with Crippen molar-refractivity contribution in [3.05, 3.63) is 24.3 Å². The fourth-order valence-electron chi connectivity index (χ4n) is 3.67. The minimum absolute atomic E-state index is 0.0423. The molecule has 0 spiro atoms. The molecule has 0 heterocycles. The molecule has 0 aromatic rings. The molecule has 1 amide bonds. The average molecular weight is 426 g/mol. The molecule has 0 aromatic heterocycles. The topological polar surface area (TPSA) is 127 Å². The predicted octanol–water partition coefficient (Wildman–Crippen LogP) is 1.64. The van der Waals surface area contributed by atoms with Gasteiger partial charge in [-0.05, 0) is 25.7 Å². The summed E-state index contributed by atoms with van der Waals surface area (Å²) in [6.07, 6.45) is 12.2. The monoisotopic (exact) mass is 425 g/mol. The molecule has 1 aliphatic carbocycles. The molecule has 1 rings (SSSR count). The first kappa shape index (κ1) is 26.5. The second-order valence-electron chi connectivity index (χ2n) is 8.10. The van der Waals surface area contributed by atoms with Crippen molar-refractivity contribution in [2.24, 2.45) is 11.8 Å². The van der Waals surface area contributed by atoms with Crippen LogP contribution >= 0.6 is 0 Å². The molecule has 7 heteroatoms. The third kappa shape index (κ3) is 9.98. The lowest BCUT2D eigenvalue weighted by Gasteiger charge is -2.16. The quantitative estimate of drug-likeness (QED) is 0.200. The normalized spacial score (nSPS) is 23.1. The number of unbranched alkanes of at least 4 members (excludes halogenated alkanes) is 3. The van der Waals surface area contributed by atoms with Crippen molar-refractivity contribution in [3.63, 3.8) is 0 Å². The van der Waals surface area contributed by atoms with Crippen LogP contribution in [0.15, 0.2) is 24.3 Å². The molecule has 7 nitrogen and oxygen atoms in total. The molecule has 0 bridgehead atoms. The summed E-state index contributed by atoms with van der Waals surface area (Å²) in [4.78, 5) is 23.9. The van der Waals surface area contributed by atoms with E-state index in [0.29, 0.717) is 32.1 Å². The maximum atomic E-state index is 12.2. The van der Waals surface area contributed by atoms with E-state index >= 15 is 0 Å². The highest BCUT2D eigenvalue weighted by atomic mass is 16.3. The van der Waals surface area contributed by atoms with Crippen LogP contribution in [0.5, 0.6) is 0 Å². The zero-order valence-corrected chi connectivity index (χ0v) is 18.1. The van der Waals surface area contributed by atoms with Gasteiger partial charge in [0.15, 0.2) is 0 Å². The summed E-state index contributed by atoms with van der Waals surface area (Å²) in [5, 5.41) is 40.7. The minimum atomic E-state index is -0.704. The van der Waals surface area contributed by atoms with Crippen LogP contribution in [-0.4, -0.2) is 63.6 Å². The molecular formula is C23H39NO6. The molecule has 0 saturated heterocycles. The van der Waals surface area contributed by atoms with Crippen LogP contribution in [0.4, 0.5) is 0 Å². The second kappa shape index (κ2) is 15.3. The van der Waals surface area contributed by atoms with Crippen molar-refractivity contribution in [2.45, 2.75) is 83.0 Å². The Morgan fingerprint density at radius 2 is 1.93 bits per heavy atom. The van der Waals surface area contributed by atoms with E-state index in [0.717, 1.165) is 19.3 Å². The van der Waals surface area contributed by atoms with E-state index in [-0.39, 0.29) is 43.2 Å². The number of allylic oxidation sites excluding steroid dienone is 2. The third-order valence-electron chi connectivity index (χ3n) is 5.53. The summed E-state index contributed by atoms with van der Waals surface area (Å²) in [5.74, 6) is -0.731. The molecule has 0 aliphatic heterocycles. The minimum Gasteiger partial charge on any atom is -0.394 e. The van der Waals surface area contributed by atoms with Crippen molar-refractivity contribution >= 4 is 11.7 Å². The molecule has 30 heavy (non-hydrogen) atoms. The Kier molecular flexibility index (Phi) is 13.5. The number of carbonyl (C=O) groups excluding carboxylic acids is 2. The summed E-state index contributed by atoms with van der Waals surface area (Å²) in [6.45, 7) is 1.52. The fraction of sp³-hybridized carbons (Fsp3) is 0.739. The van der Waals surface area contributed by atoms with Gasteiger partial charge in [-0.25, -0.2) is 0 Å². The van der Waals surface area contributed by atoms with Crippen molar-refractivity contribution in [1.82, 2.24) is 5.32 Å². The number of carbonyl (C=O) groups is 2. The summed E-state index contributed by atoms with van der Waals surface area (Å²) >= 11 is 0. The molecule has 5 N–H and O–H groups in total. The molecular weight excluding hydrogens is 386 g/mol. The number of Topliss-reactive ketones (excluding diaryl/α,β-unsaturated/α-hetero) is 1. The SMILES string of the molecule is CCCCCC(O)C=CC1C(O)CC(=O)C1CC=CCCCC(=O)NC(CO)CO. The maximum Gasteiger partial charge on any atom is 0.220 e. The summed E-state index contributed by atoms with van der Waals surface area (Å²) < 4.78 is 0. The molecule has 4 unspecified atom stereocenters. The number of hydrogen-bond donors (Lipinski definition) is 5. The van der Waals surface area contributed by atoms with Gasteiger partial charge in [-0.2, -0.15) is 0 Å². The van der Waals surface area contributed by atoms with Gasteiger partial charge in [0.2, 0.25) is 5.91 Å². The lowest BCUT2D eigenvalue weighted by atomic mass is 9.90. The molecule has 0 aromatic carbocycles. The van der Waals surface area contributed by atoms with Crippen LogP contribution in [0.25, 0.3) is 0 Å². The van der Waals surface area contributed by atoms with Gasteiger partial charge in [0, 0.05) is 24.7 Å². The van der Waals surface area contributed by atoms with E-state index in [9.17, 15) is 19.8 Å². The van der Waals surface area contributed by atoms with E-state index in [4.69, 9.17) is 10.2 Å². The summed E-state index contributed by atoms with van der Waals surface area (Å²) in [6, 6.07) is -0.622. The van der Waals surface area contributed by atoms with E-state index < -0.39 is 18.2 Å². The number of rotatable bonds is 15. The van der Waals surface area contributed by atoms with Gasteiger partial charge in [0.05, 0.1) is 31.5 Å². The number of nitrogens with one attached hydrogen (secondary N) is 1. The second-order valence-corrected chi connectivity index (χ2v) is 8.10. The highest BCUT2D eigenvalue weighted by Crippen LogP contribution is 2.33. The number of amides is 1. The third-order valence-corrected chi connectivity index (χ3v) is 5.53. The average Bonchev–Trinajstić information content (AvgIpc) is 2.99. The highest BCUT2D eigenvalue weighted by molar-refractivity contribution is 5.84. The van der Waals surface area contributed by atoms with Crippen molar-refractivity contribution < 1.29 is 30.0 Å². The zero-order valence-electron chi connectivity index (χ0n) is 18.1. The maximum absolute atomic E-state index is 12.2. The highest BCUT2D eigenvalue weighted by Gasteiger charge is 2.39. The predicted molar refractivity (Wildman–Crippen MR) is 116 cm³/mol. The Morgan fingerprint density at radius 3 is 2.60 bits per heavy atom. The van der Waals surface area contributed by atoms with Gasteiger partial charge in [-0.3, -0.25) is 9.59 Å². The van der Waals surface area contributed by atoms with Gasteiger partial charge < -0.3 is 25.7 Å². The Morgan fingerprint density at radius 1 is 1.20 bits per heavy atom. The van der Waals surface area contributed by atoms with E-state index in [2.05, 4.69) is 12.2 Å². The molecule has 1 aliphatic rings. The largest absolute Gasteiger partial charge is 0.394 e. The van der Waals surface area contributed by atoms with Gasteiger partial charge in [-0.1, -0.05) is 50.5 Å². The standard InChI is InChI=1S/C23H39NO6/c1-2-3-6-9-18(27)12-13-20-19(21(28)14-22(20)29)10-7-4-5-8-11-23(30)24-17(15-25)16-26/h4,7,12-13,17-20,22,25-27,29H,2-3,5-6,8-11,14-16H2,1H3,(H,24,30). The summed E-state index contributed by atoms with van der Waals surface area (Å²) in [7, 11) is 0. The first-order chi connectivity index (χ1) is 14.4. The molecule has 0 radical (unpaired) electrons. The first-order valence-corrected chi connectivity index (χ1v) is 11.2. The van der Waals surface area contributed by atoms with Crippen molar-refractivity contribution in [3.8, 4) is 0 Å². The number of aliphatic hydroxyl groups excluding tert-OH is 4. The van der Waals surface area contributed by atoms with Crippen LogP contribution in [0, 0.1) is 11.8 Å². The van der Waals surface area contributed by atoms with Gasteiger partial charge in [0.25, 0.3) is 0 Å². The molecule has 1 fully saturated rings. The summed E-state index contributed by atoms with van der Waals surface area (Å²) in [5.41, 5.74) is 0. The van der Waals surface area contributed by atoms with Crippen LogP contribution in [0.3, 0.4) is 0 Å². The van der Waals surface area contributed by atoms with Crippen LogP contribution in [0.1, 0.15) is 64.7 Å². The molecule has 172 valence electrons. The number of hydrogen-bond acceptors (Lipinski definition) is 6.